The smallest absolute Gasteiger partial charge is 0.187 e. The average Bonchev–Trinajstić information content (AvgIpc) is 3.64. The molecule has 0 radical (unpaired) electrons. The van der Waals surface area contributed by atoms with Crippen LogP contribution in [-0.4, -0.2) is 202 Å². The lowest BCUT2D eigenvalue weighted by Crippen LogP contribution is -2.71. The van der Waals surface area contributed by atoms with Gasteiger partial charge in [-0.25, -0.2) is 0 Å². The number of hydrogen-bond acceptors (Lipinski definition) is 19. The fourth-order valence-electron chi connectivity index (χ4n) is 15.0. The minimum Gasteiger partial charge on any atom is -0.394 e. The average molecular weight is 963 g/mol. The highest BCUT2D eigenvalue weighted by Crippen LogP contribution is 2.76. The van der Waals surface area contributed by atoms with Gasteiger partial charge in [-0.3, -0.25) is 0 Å². The van der Waals surface area contributed by atoms with Crippen LogP contribution in [-0.2, 0) is 28.4 Å². The second kappa shape index (κ2) is 19.8. The van der Waals surface area contributed by atoms with Crippen molar-refractivity contribution < 1.29 is 94.8 Å². The maximum absolute atomic E-state index is 12.7. The largest absolute Gasteiger partial charge is 0.394 e. The minimum absolute atomic E-state index is 0.136. The second-order valence-corrected chi connectivity index (χ2v) is 23.1. The lowest BCUT2D eigenvalue weighted by molar-refractivity contribution is -0.380. The van der Waals surface area contributed by atoms with E-state index in [-0.39, 0.29) is 17.8 Å². The summed E-state index contributed by atoms with van der Waals surface area (Å²) in [4.78, 5) is 0. The number of rotatable bonds is 13. The first-order valence-corrected chi connectivity index (χ1v) is 24.5. The Morgan fingerprint density at radius 3 is 1.70 bits per heavy atom. The van der Waals surface area contributed by atoms with Gasteiger partial charge in [0.05, 0.1) is 43.7 Å². The van der Waals surface area contributed by atoms with Gasteiger partial charge < -0.3 is 94.8 Å². The standard InChI is InChI=1S/C48H82O19/c1-21(2)10-9-13-48(8,61)22-11-15-46(6)30(22)24(62-41-37(59)34(56)31(53)25(18-49)63-41)16-28-45(5)14-12-29(44(3,4)40(45)23(52)17-47(28,46)7)66-43-39(36(58)33(55)27(20-51)65-43)67-42-38(60)35(57)32(54)26(19-50)64-42/h10,22-43,49-61H,9,11-20H2,1-8H3/t22-,23-,24+,25+,26+,27+,28+,29-,30-,31+,32+,33+,34-,35-,36-,37+,38+,39+,40?,41+,42-,43-,45+,46+,47+,48-/m0/s1. The van der Waals surface area contributed by atoms with Gasteiger partial charge in [0.2, 0.25) is 0 Å². The van der Waals surface area contributed by atoms with E-state index < -0.39 is 163 Å². The quantitative estimate of drug-likeness (QED) is 0.0773. The lowest BCUT2D eigenvalue weighted by Gasteiger charge is -2.72. The van der Waals surface area contributed by atoms with Gasteiger partial charge in [-0.15, -0.1) is 0 Å². The van der Waals surface area contributed by atoms with Crippen molar-refractivity contribution in [2.24, 2.45) is 45.3 Å². The Morgan fingerprint density at radius 1 is 0.642 bits per heavy atom. The Labute approximate surface area is 393 Å². The fourth-order valence-corrected chi connectivity index (χ4v) is 15.0. The van der Waals surface area contributed by atoms with Crippen LogP contribution in [0.3, 0.4) is 0 Å². The topological polar surface area (TPSA) is 318 Å². The lowest BCUT2D eigenvalue weighted by atomic mass is 9.34. The van der Waals surface area contributed by atoms with Crippen molar-refractivity contribution >= 4 is 0 Å². The van der Waals surface area contributed by atoms with Gasteiger partial charge >= 0.3 is 0 Å². The van der Waals surface area contributed by atoms with Gasteiger partial charge in [0.1, 0.15) is 73.2 Å². The summed E-state index contributed by atoms with van der Waals surface area (Å²) >= 11 is 0. The Morgan fingerprint density at radius 2 is 1.16 bits per heavy atom. The molecule has 3 saturated heterocycles. The van der Waals surface area contributed by atoms with Crippen LogP contribution in [0.4, 0.5) is 0 Å². The molecule has 26 atom stereocenters. The van der Waals surface area contributed by atoms with Crippen molar-refractivity contribution in [2.45, 2.75) is 223 Å². The van der Waals surface area contributed by atoms with Gasteiger partial charge in [0.25, 0.3) is 0 Å². The molecule has 0 aromatic rings. The van der Waals surface area contributed by atoms with Crippen LogP contribution in [0.5, 0.6) is 0 Å². The first kappa shape index (κ1) is 53.8. The van der Waals surface area contributed by atoms with Crippen LogP contribution in [0.15, 0.2) is 11.6 Å². The van der Waals surface area contributed by atoms with Crippen LogP contribution in [0.1, 0.15) is 107 Å². The summed E-state index contributed by atoms with van der Waals surface area (Å²) < 4.78 is 37.2. The summed E-state index contributed by atoms with van der Waals surface area (Å²) in [7, 11) is 0. The summed E-state index contributed by atoms with van der Waals surface area (Å²) in [5, 5.41) is 142. The maximum atomic E-state index is 12.7. The van der Waals surface area contributed by atoms with Crippen molar-refractivity contribution in [3.05, 3.63) is 11.6 Å². The van der Waals surface area contributed by atoms with E-state index >= 15 is 0 Å². The Kier molecular flexibility index (Phi) is 15.9. The number of ether oxygens (including phenoxy) is 6. The van der Waals surface area contributed by atoms with Crippen molar-refractivity contribution in [3.8, 4) is 0 Å². The number of allylic oxidation sites excluding steroid dienone is 2. The molecule has 13 N–H and O–H groups in total. The third kappa shape index (κ3) is 9.13. The third-order valence-electron chi connectivity index (χ3n) is 18.6. The minimum atomic E-state index is -1.84. The van der Waals surface area contributed by atoms with Gasteiger partial charge in [-0.1, -0.05) is 46.3 Å². The van der Waals surface area contributed by atoms with Crippen molar-refractivity contribution in [1.29, 1.82) is 0 Å². The van der Waals surface area contributed by atoms with E-state index in [1.807, 2.05) is 34.6 Å². The highest BCUT2D eigenvalue weighted by Gasteiger charge is 2.74. The van der Waals surface area contributed by atoms with E-state index in [9.17, 15) is 66.4 Å². The van der Waals surface area contributed by atoms with E-state index in [2.05, 4.69) is 26.8 Å². The molecule has 0 amide bonds. The predicted molar refractivity (Wildman–Crippen MR) is 235 cm³/mol. The molecule has 19 heteroatoms. The molecule has 1 unspecified atom stereocenters. The second-order valence-electron chi connectivity index (χ2n) is 23.1. The molecule has 3 aliphatic heterocycles. The van der Waals surface area contributed by atoms with Gasteiger partial charge in [-0.2, -0.15) is 0 Å². The van der Waals surface area contributed by atoms with Crippen LogP contribution < -0.4 is 0 Å². The van der Waals surface area contributed by atoms with Crippen LogP contribution >= 0.6 is 0 Å². The van der Waals surface area contributed by atoms with Gasteiger partial charge in [0.15, 0.2) is 18.9 Å². The van der Waals surface area contributed by atoms with E-state index in [0.29, 0.717) is 51.4 Å². The summed E-state index contributed by atoms with van der Waals surface area (Å²) in [6, 6.07) is 0. The fraction of sp³-hybridized carbons (Fsp3) is 0.958. The SMILES string of the molecule is CC(C)=CCC[C@](C)(O)[C@H]1CC[C@]2(C)[C@@H]1[C@H](O[C@@H]1O[C@H](CO)[C@@H](O)[C@H](O)[C@H]1O)C[C@@H]1[C@@]3(C)CC[C@H](O[C@@H]4O[C@H](CO)[C@@H](O)[C@H](O)[C@H]4O[C@@H]4O[C@H](CO)[C@@H](O)[C@H](O)[C@H]4O)C(C)(C)C3[C@@H](O)C[C@]12C. The van der Waals surface area contributed by atoms with Gasteiger partial charge in [-0.05, 0) is 117 Å². The molecular formula is C48H82O19. The maximum Gasteiger partial charge on any atom is 0.187 e. The zero-order valence-electron chi connectivity index (χ0n) is 40.3. The molecule has 7 fully saturated rings. The normalized spacial score (nSPS) is 52.9. The number of aliphatic hydroxyl groups is 13. The van der Waals surface area contributed by atoms with E-state index in [0.717, 1.165) is 5.57 Å². The summed E-state index contributed by atoms with van der Waals surface area (Å²) in [5.74, 6) is -1.13. The zero-order chi connectivity index (χ0) is 49.5. The molecule has 19 nitrogen and oxygen atoms in total. The Balaban J connectivity index is 1.21. The molecule has 7 rings (SSSR count). The first-order valence-electron chi connectivity index (χ1n) is 24.5. The third-order valence-corrected chi connectivity index (χ3v) is 18.6. The van der Waals surface area contributed by atoms with Crippen LogP contribution in [0.25, 0.3) is 0 Å². The first-order chi connectivity index (χ1) is 31.2. The van der Waals surface area contributed by atoms with E-state index in [1.54, 1.807) is 0 Å². The molecule has 388 valence electrons. The molecule has 0 bridgehead atoms. The van der Waals surface area contributed by atoms with E-state index in [4.69, 9.17) is 28.4 Å². The monoisotopic (exact) mass is 963 g/mol. The molecule has 0 aromatic heterocycles. The number of hydrogen-bond donors (Lipinski definition) is 13. The highest BCUT2D eigenvalue weighted by atomic mass is 16.8. The van der Waals surface area contributed by atoms with E-state index in [1.165, 1.54) is 0 Å². The number of aliphatic hydroxyl groups excluding tert-OH is 12. The van der Waals surface area contributed by atoms with Crippen molar-refractivity contribution in [1.82, 2.24) is 0 Å². The number of fused-ring (bicyclic) bond motifs is 5. The summed E-state index contributed by atoms with van der Waals surface area (Å²) in [6.07, 6.45) is -19.5. The zero-order valence-corrected chi connectivity index (χ0v) is 40.3. The molecule has 4 aliphatic carbocycles. The summed E-state index contributed by atoms with van der Waals surface area (Å²) in [5.41, 5.74) is -2.49. The molecule has 67 heavy (non-hydrogen) atoms. The highest BCUT2D eigenvalue weighted by molar-refractivity contribution is 5.22. The van der Waals surface area contributed by atoms with Gasteiger partial charge in [0, 0.05) is 0 Å². The molecule has 0 spiro atoms. The van der Waals surface area contributed by atoms with Crippen molar-refractivity contribution in [3.63, 3.8) is 0 Å². The predicted octanol–water partition coefficient (Wildman–Crippen LogP) is -1.06. The molecule has 4 saturated carbocycles. The van der Waals surface area contributed by atoms with Crippen LogP contribution in [0, 0.1) is 45.3 Å². The Bertz CT molecular complexity index is 1710. The Hall–Kier alpha value is -1.02. The molecule has 7 aliphatic rings. The van der Waals surface area contributed by atoms with Crippen LogP contribution in [0.2, 0.25) is 0 Å². The molecular weight excluding hydrogens is 881 g/mol. The van der Waals surface area contributed by atoms with Crippen molar-refractivity contribution in [2.75, 3.05) is 19.8 Å². The summed E-state index contributed by atoms with van der Waals surface area (Å²) in [6.45, 7) is 14.5. The molecule has 3 heterocycles. The molecule has 0 aromatic carbocycles.